The Labute approximate surface area is 136 Å². The van der Waals surface area contributed by atoms with Crippen LogP contribution in [0.15, 0.2) is 24.3 Å². The summed E-state index contributed by atoms with van der Waals surface area (Å²) < 4.78 is 23.8. The molecule has 1 aliphatic rings. The number of carbonyl (C=O) groups excluding carboxylic acids is 1. The Balaban J connectivity index is 1.56. The van der Waals surface area contributed by atoms with Crippen molar-refractivity contribution in [3.63, 3.8) is 0 Å². The Morgan fingerprint density at radius 1 is 1.35 bits per heavy atom. The first-order valence-corrected chi connectivity index (χ1v) is 8.01. The van der Waals surface area contributed by atoms with E-state index < -0.39 is 0 Å². The van der Waals surface area contributed by atoms with E-state index in [4.69, 9.17) is 9.47 Å². The zero-order chi connectivity index (χ0) is 16.7. The van der Waals surface area contributed by atoms with Gasteiger partial charge in [-0.3, -0.25) is 0 Å². The van der Waals surface area contributed by atoms with E-state index in [-0.39, 0.29) is 17.4 Å². The zero-order valence-corrected chi connectivity index (χ0v) is 13.8. The van der Waals surface area contributed by atoms with Crippen molar-refractivity contribution < 1.29 is 18.7 Å². The second-order valence-electron chi connectivity index (χ2n) is 6.27. The third-order valence-corrected chi connectivity index (χ3v) is 3.64. The monoisotopic (exact) mass is 324 g/mol. The summed E-state index contributed by atoms with van der Waals surface area (Å²) in [6.07, 6.45) is 1.66. The van der Waals surface area contributed by atoms with Crippen molar-refractivity contribution in [1.82, 2.24) is 10.2 Å². The lowest BCUT2D eigenvalue weighted by molar-refractivity contribution is -0.0733. The molecule has 0 aromatic heterocycles. The summed E-state index contributed by atoms with van der Waals surface area (Å²) in [5.41, 5.74) is -0.279. The van der Waals surface area contributed by atoms with Crippen molar-refractivity contribution in [3.8, 4) is 5.75 Å². The molecule has 5 nitrogen and oxygen atoms in total. The van der Waals surface area contributed by atoms with Crippen LogP contribution in [-0.2, 0) is 4.74 Å². The van der Waals surface area contributed by atoms with Crippen molar-refractivity contribution in [2.45, 2.75) is 32.3 Å². The Morgan fingerprint density at radius 3 is 2.78 bits per heavy atom. The first kappa shape index (κ1) is 17.5. The predicted molar refractivity (Wildman–Crippen MR) is 86.1 cm³/mol. The van der Waals surface area contributed by atoms with Gasteiger partial charge in [-0.05, 0) is 51.0 Å². The minimum atomic E-state index is -0.279. The maximum absolute atomic E-state index is 12.7. The van der Waals surface area contributed by atoms with Crippen LogP contribution in [0.25, 0.3) is 0 Å². The highest BCUT2D eigenvalue weighted by Gasteiger charge is 2.29. The molecule has 0 atom stereocenters. The van der Waals surface area contributed by atoms with Gasteiger partial charge in [0.05, 0.1) is 25.4 Å². The maximum atomic E-state index is 12.7. The van der Waals surface area contributed by atoms with Crippen LogP contribution in [-0.4, -0.2) is 49.4 Å². The summed E-state index contributed by atoms with van der Waals surface area (Å²) in [5.74, 6) is 0.386. The molecule has 0 unspecified atom stereocenters. The van der Waals surface area contributed by atoms with Gasteiger partial charge in [0.1, 0.15) is 11.6 Å². The number of benzene rings is 1. The number of ether oxygens (including phenoxy) is 2. The van der Waals surface area contributed by atoms with E-state index in [9.17, 15) is 9.18 Å². The van der Waals surface area contributed by atoms with E-state index in [0.29, 0.717) is 38.6 Å². The topological polar surface area (TPSA) is 50.8 Å². The summed E-state index contributed by atoms with van der Waals surface area (Å²) in [7, 11) is 0. The molecule has 1 aromatic carbocycles. The number of unbranched alkanes of at least 4 members (excludes halogenated alkanes) is 1. The van der Waals surface area contributed by atoms with Crippen LogP contribution in [0.3, 0.4) is 0 Å². The molecule has 1 heterocycles. The number of nitrogens with one attached hydrogen (secondary N) is 1. The van der Waals surface area contributed by atoms with Gasteiger partial charge in [-0.2, -0.15) is 0 Å². The Bertz CT molecular complexity index is 505. The molecule has 1 aromatic rings. The van der Waals surface area contributed by atoms with Crippen molar-refractivity contribution in [1.29, 1.82) is 0 Å². The van der Waals surface area contributed by atoms with Crippen molar-refractivity contribution in [2.24, 2.45) is 0 Å². The third kappa shape index (κ3) is 6.06. The number of rotatable bonds is 6. The van der Waals surface area contributed by atoms with E-state index >= 15 is 0 Å². The fourth-order valence-corrected chi connectivity index (χ4v) is 2.44. The molecule has 2 rings (SSSR count). The normalized spacial score (nSPS) is 16.9. The van der Waals surface area contributed by atoms with Gasteiger partial charge in [0, 0.05) is 13.1 Å². The molecular formula is C17H25FN2O3. The van der Waals surface area contributed by atoms with E-state index in [1.54, 1.807) is 17.0 Å². The van der Waals surface area contributed by atoms with E-state index in [1.807, 2.05) is 13.8 Å². The lowest BCUT2D eigenvalue weighted by Gasteiger charge is -2.38. The Kier molecular flexibility index (Phi) is 6.21. The van der Waals surface area contributed by atoms with Crippen LogP contribution in [0.1, 0.15) is 26.7 Å². The van der Waals surface area contributed by atoms with Gasteiger partial charge in [0.15, 0.2) is 0 Å². The number of halogens is 1. The second kappa shape index (κ2) is 8.15. The molecule has 6 heteroatoms. The minimum Gasteiger partial charge on any atom is -0.494 e. The second-order valence-corrected chi connectivity index (χ2v) is 6.27. The molecule has 2 amide bonds. The summed E-state index contributed by atoms with van der Waals surface area (Å²) in [6.45, 7) is 6.94. The summed E-state index contributed by atoms with van der Waals surface area (Å²) in [5, 5.41) is 2.92. The molecule has 1 N–H and O–H groups in total. The number of hydrogen-bond donors (Lipinski definition) is 1. The predicted octanol–water partition coefficient (Wildman–Crippen LogP) is 2.81. The Morgan fingerprint density at radius 2 is 2.09 bits per heavy atom. The van der Waals surface area contributed by atoms with E-state index in [0.717, 1.165) is 12.8 Å². The number of morpholine rings is 1. The van der Waals surface area contributed by atoms with Gasteiger partial charge >= 0.3 is 6.03 Å². The van der Waals surface area contributed by atoms with Gasteiger partial charge in [-0.1, -0.05) is 0 Å². The largest absolute Gasteiger partial charge is 0.494 e. The highest BCUT2D eigenvalue weighted by molar-refractivity contribution is 5.74. The van der Waals surface area contributed by atoms with Gasteiger partial charge in [-0.25, -0.2) is 9.18 Å². The zero-order valence-electron chi connectivity index (χ0n) is 13.8. The van der Waals surface area contributed by atoms with Gasteiger partial charge in [-0.15, -0.1) is 0 Å². The molecule has 1 fully saturated rings. The average molecular weight is 324 g/mol. The number of hydrogen-bond acceptors (Lipinski definition) is 3. The first-order valence-electron chi connectivity index (χ1n) is 8.01. The number of carbonyl (C=O) groups is 1. The highest BCUT2D eigenvalue weighted by Crippen LogP contribution is 2.16. The molecule has 0 radical (unpaired) electrons. The molecule has 0 saturated carbocycles. The Hall–Kier alpha value is -1.82. The molecule has 1 aliphatic heterocycles. The minimum absolute atomic E-state index is 0.0409. The van der Waals surface area contributed by atoms with Crippen LogP contribution in [0.5, 0.6) is 5.75 Å². The number of nitrogens with zero attached hydrogens (tertiary/aromatic N) is 1. The van der Waals surface area contributed by atoms with Crippen LogP contribution < -0.4 is 10.1 Å². The van der Waals surface area contributed by atoms with Crippen molar-refractivity contribution in [2.75, 3.05) is 32.8 Å². The van der Waals surface area contributed by atoms with Crippen LogP contribution in [0, 0.1) is 5.82 Å². The van der Waals surface area contributed by atoms with E-state index in [1.165, 1.54) is 12.1 Å². The fourth-order valence-electron chi connectivity index (χ4n) is 2.44. The summed E-state index contributed by atoms with van der Waals surface area (Å²) in [6, 6.07) is 5.92. The van der Waals surface area contributed by atoms with Crippen LogP contribution in [0.2, 0.25) is 0 Å². The van der Waals surface area contributed by atoms with Gasteiger partial charge < -0.3 is 19.7 Å². The number of amides is 2. The maximum Gasteiger partial charge on any atom is 0.317 e. The molecule has 23 heavy (non-hydrogen) atoms. The first-order chi connectivity index (χ1) is 11.0. The average Bonchev–Trinajstić information content (AvgIpc) is 2.51. The smallest absolute Gasteiger partial charge is 0.317 e. The van der Waals surface area contributed by atoms with E-state index in [2.05, 4.69) is 5.32 Å². The highest BCUT2D eigenvalue weighted by atomic mass is 19.1. The van der Waals surface area contributed by atoms with Crippen molar-refractivity contribution >= 4 is 6.03 Å². The third-order valence-electron chi connectivity index (χ3n) is 3.64. The van der Waals surface area contributed by atoms with Crippen molar-refractivity contribution in [3.05, 3.63) is 30.1 Å². The van der Waals surface area contributed by atoms with Crippen LogP contribution >= 0.6 is 0 Å². The lowest BCUT2D eigenvalue weighted by atomic mass is 10.1. The molecule has 0 spiro atoms. The number of urea groups is 1. The SMILES string of the molecule is CC1(C)CN(C(=O)NCCCCOc2ccc(F)cc2)CCO1. The standard InChI is InChI=1S/C17H25FN2O3/c1-17(2)13-20(10-12-23-17)16(21)19-9-3-4-11-22-15-7-5-14(18)6-8-15/h5-8H,3-4,9-13H2,1-2H3,(H,19,21). The molecule has 1 saturated heterocycles. The molecular weight excluding hydrogens is 299 g/mol. The summed E-state index contributed by atoms with van der Waals surface area (Å²) >= 11 is 0. The van der Waals surface area contributed by atoms with Crippen LogP contribution in [0.4, 0.5) is 9.18 Å². The summed E-state index contributed by atoms with van der Waals surface area (Å²) in [4.78, 5) is 13.9. The lowest BCUT2D eigenvalue weighted by Crippen LogP contribution is -2.53. The molecule has 0 aliphatic carbocycles. The van der Waals surface area contributed by atoms with Gasteiger partial charge in [0.25, 0.3) is 0 Å². The fraction of sp³-hybridized carbons (Fsp3) is 0.588. The quantitative estimate of drug-likeness (QED) is 0.819. The molecule has 128 valence electrons. The van der Waals surface area contributed by atoms with Gasteiger partial charge in [0.2, 0.25) is 0 Å². The molecule has 0 bridgehead atoms.